The molecule has 1 aromatic carbocycles. The second-order valence-corrected chi connectivity index (χ2v) is 9.78. The molecule has 0 unspecified atom stereocenters. The number of amides is 1. The molecule has 0 saturated heterocycles. The number of carboxylic acid groups (broad SMARTS) is 1. The van der Waals surface area contributed by atoms with E-state index in [-0.39, 0.29) is 23.5 Å². The zero-order chi connectivity index (χ0) is 26.1. The third-order valence-corrected chi connectivity index (χ3v) is 6.90. The number of carbonyl (C=O) groups is 2. The average Bonchev–Trinajstić information content (AvgIpc) is 3.29. The maximum atomic E-state index is 12.2. The van der Waals surface area contributed by atoms with Gasteiger partial charge in [0.15, 0.2) is 5.65 Å². The number of rotatable bonds is 6. The Morgan fingerprint density at radius 1 is 1.03 bits per heavy atom. The lowest BCUT2D eigenvalue weighted by atomic mass is 9.86. The summed E-state index contributed by atoms with van der Waals surface area (Å²) in [6.07, 6.45) is 4.51. The number of aromatic amines is 1. The van der Waals surface area contributed by atoms with Gasteiger partial charge in [-0.2, -0.15) is 4.98 Å². The lowest BCUT2D eigenvalue weighted by Crippen LogP contribution is -2.34. The van der Waals surface area contributed by atoms with Crippen LogP contribution in [0.4, 0.5) is 0 Å². The number of nitrogens with one attached hydrogen (secondary N) is 1. The number of H-pyrrole nitrogens is 1. The summed E-state index contributed by atoms with van der Waals surface area (Å²) >= 11 is 6.56. The molecular formula is C27H26ClN5O4. The number of pyridine rings is 2. The van der Waals surface area contributed by atoms with Gasteiger partial charge in [0.2, 0.25) is 5.91 Å². The largest absolute Gasteiger partial charge is 0.478 e. The third-order valence-electron chi connectivity index (χ3n) is 6.61. The maximum Gasteiger partial charge on any atom is 0.337 e. The molecule has 0 radical (unpaired) electrons. The van der Waals surface area contributed by atoms with Gasteiger partial charge in [-0.25, -0.2) is 9.78 Å². The number of fused-ring (bicyclic) bond motifs is 1. The highest BCUT2D eigenvalue weighted by atomic mass is 35.5. The molecule has 9 nitrogen and oxygen atoms in total. The maximum absolute atomic E-state index is 12.2. The van der Waals surface area contributed by atoms with Gasteiger partial charge in [0.05, 0.1) is 27.5 Å². The molecule has 0 bridgehead atoms. The quantitative estimate of drug-likeness (QED) is 0.365. The Hall–Kier alpha value is -3.98. The number of nitrogens with zero attached hydrogens (tertiary/aromatic N) is 4. The number of benzene rings is 1. The van der Waals surface area contributed by atoms with Crippen LogP contribution < -0.4 is 4.74 Å². The fraction of sp³-hybridized carbons (Fsp3) is 0.296. The Kier molecular flexibility index (Phi) is 6.80. The summed E-state index contributed by atoms with van der Waals surface area (Å²) in [5.41, 5.74) is 4.23. The number of hydrogen-bond acceptors (Lipinski definition) is 6. The minimum atomic E-state index is -1.01. The zero-order valence-corrected chi connectivity index (χ0v) is 21.2. The summed E-state index contributed by atoms with van der Waals surface area (Å²) in [4.78, 5) is 41.5. The van der Waals surface area contributed by atoms with E-state index in [1.54, 1.807) is 31.1 Å². The van der Waals surface area contributed by atoms with Crippen LogP contribution >= 0.6 is 11.6 Å². The number of carboxylic acids is 1. The van der Waals surface area contributed by atoms with Crippen LogP contribution in [0.3, 0.4) is 0 Å². The van der Waals surface area contributed by atoms with Crippen LogP contribution in [0.5, 0.6) is 6.01 Å². The van der Waals surface area contributed by atoms with Crippen molar-refractivity contribution in [3.05, 3.63) is 59.2 Å². The predicted octanol–water partition coefficient (Wildman–Crippen LogP) is 5.06. The minimum absolute atomic E-state index is 0.00700. The van der Waals surface area contributed by atoms with Crippen LogP contribution in [0, 0.1) is 5.92 Å². The summed E-state index contributed by atoms with van der Waals surface area (Å²) in [6, 6.07) is 12.9. The first-order chi connectivity index (χ1) is 17.8. The van der Waals surface area contributed by atoms with Crippen LogP contribution in [0.15, 0.2) is 48.7 Å². The summed E-state index contributed by atoms with van der Waals surface area (Å²) in [6.45, 7) is 0. The molecule has 1 aliphatic rings. The van der Waals surface area contributed by atoms with Crippen LogP contribution in [-0.4, -0.2) is 62.0 Å². The number of aromatic carboxylic acids is 1. The molecule has 4 aromatic rings. The van der Waals surface area contributed by atoms with Gasteiger partial charge in [-0.15, -0.1) is 0 Å². The van der Waals surface area contributed by atoms with Crippen molar-refractivity contribution >= 4 is 34.6 Å². The Bertz CT molecular complexity index is 1440. The van der Waals surface area contributed by atoms with Gasteiger partial charge in [0.25, 0.3) is 6.01 Å². The SMILES string of the molecule is CN(C)C(=O)[C@H]1CC[C@H](Oc2nc3nc(-c4ccc(-c5ccc(C(=O)O)cn5)cc4)c(Cl)cc3[nH]2)CC1. The van der Waals surface area contributed by atoms with E-state index in [9.17, 15) is 9.59 Å². The van der Waals surface area contributed by atoms with Crippen molar-refractivity contribution in [2.45, 2.75) is 31.8 Å². The highest BCUT2D eigenvalue weighted by molar-refractivity contribution is 6.33. The molecule has 2 N–H and O–H groups in total. The van der Waals surface area contributed by atoms with Crippen molar-refractivity contribution in [3.63, 3.8) is 0 Å². The molecule has 0 aliphatic heterocycles. The van der Waals surface area contributed by atoms with E-state index >= 15 is 0 Å². The van der Waals surface area contributed by atoms with Crippen molar-refractivity contribution in [2.24, 2.45) is 5.92 Å². The third kappa shape index (κ3) is 5.27. The minimum Gasteiger partial charge on any atom is -0.478 e. The highest BCUT2D eigenvalue weighted by Gasteiger charge is 2.28. The lowest BCUT2D eigenvalue weighted by Gasteiger charge is -2.28. The van der Waals surface area contributed by atoms with E-state index in [1.165, 1.54) is 12.3 Å². The molecule has 1 aliphatic carbocycles. The van der Waals surface area contributed by atoms with Crippen molar-refractivity contribution in [1.82, 2.24) is 24.8 Å². The Balaban J connectivity index is 1.30. The summed E-state index contributed by atoms with van der Waals surface area (Å²) < 4.78 is 6.08. The Labute approximate surface area is 218 Å². The molecule has 3 aromatic heterocycles. The topological polar surface area (TPSA) is 121 Å². The number of halogens is 1. The standard InChI is InChI=1S/C27H26ClN5O4/c1-33(2)25(34)17-7-10-19(11-8-17)37-27-30-22-13-20(28)23(31-24(22)32-27)16-5-3-15(4-6-16)21-12-9-18(14-29-21)26(35)36/h3-6,9,12-14,17,19H,7-8,10-11H2,1-2H3,(H,35,36)(H,30,31,32)/t17-,19-. The zero-order valence-electron chi connectivity index (χ0n) is 20.4. The number of hydrogen-bond donors (Lipinski definition) is 2. The average molecular weight is 520 g/mol. The molecule has 0 atom stereocenters. The molecule has 1 amide bonds. The monoisotopic (exact) mass is 519 g/mol. The smallest absolute Gasteiger partial charge is 0.337 e. The highest BCUT2D eigenvalue weighted by Crippen LogP contribution is 2.32. The van der Waals surface area contributed by atoms with Crippen LogP contribution in [0.1, 0.15) is 36.0 Å². The second-order valence-electron chi connectivity index (χ2n) is 9.37. The first kappa shape index (κ1) is 24.7. The van der Waals surface area contributed by atoms with Gasteiger partial charge in [0, 0.05) is 37.3 Å². The van der Waals surface area contributed by atoms with Gasteiger partial charge in [-0.1, -0.05) is 35.9 Å². The van der Waals surface area contributed by atoms with Crippen LogP contribution in [0.2, 0.25) is 5.02 Å². The van der Waals surface area contributed by atoms with E-state index in [2.05, 4.69) is 19.9 Å². The normalized spacial score (nSPS) is 17.5. The van der Waals surface area contributed by atoms with E-state index < -0.39 is 5.97 Å². The Morgan fingerprint density at radius 2 is 1.73 bits per heavy atom. The first-order valence-corrected chi connectivity index (χ1v) is 12.4. The van der Waals surface area contributed by atoms with Gasteiger partial charge in [-0.05, 0) is 43.9 Å². The molecule has 5 rings (SSSR count). The van der Waals surface area contributed by atoms with Gasteiger partial charge < -0.3 is 19.7 Å². The van der Waals surface area contributed by atoms with Gasteiger partial charge >= 0.3 is 5.97 Å². The fourth-order valence-electron chi connectivity index (χ4n) is 4.59. The van der Waals surface area contributed by atoms with E-state index in [0.29, 0.717) is 33.6 Å². The molecular weight excluding hydrogens is 494 g/mol. The van der Waals surface area contributed by atoms with E-state index in [4.69, 9.17) is 21.4 Å². The molecule has 1 fully saturated rings. The summed E-state index contributed by atoms with van der Waals surface area (Å²) in [5.74, 6) is -0.782. The summed E-state index contributed by atoms with van der Waals surface area (Å²) in [7, 11) is 3.58. The van der Waals surface area contributed by atoms with Crippen LogP contribution in [-0.2, 0) is 4.79 Å². The lowest BCUT2D eigenvalue weighted by molar-refractivity contribution is -0.134. The summed E-state index contributed by atoms with van der Waals surface area (Å²) in [5, 5.41) is 9.52. The fourth-order valence-corrected chi connectivity index (χ4v) is 4.86. The number of carbonyl (C=O) groups excluding carboxylic acids is 1. The van der Waals surface area contributed by atoms with E-state index in [1.807, 2.05) is 24.3 Å². The molecule has 10 heteroatoms. The molecule has 0 spiro atoms. The van der Waals surface area contributed by atoms with Crippen molar-refractivity contribution in [1.29, 1.82) is 0 Å². The van der Waals surface area contributed by atoms with Gasteiger partial charge in [-0.3, -0.25) is 9.78 Å². The number of aromatic nitrogens is 4. The first-order valence-electron chi connectivity index (χ1n) is 12.0. The molecule has 37 heavy (non-hydrogen) atoms. The van der Waals surface area contributed by atoms with Crippen molar-refractivity contribution in [2.75, 3.05) is 14.1 Å². The van der Waals surface area contributed by atoms with Gasteiger partial charge in [0.1, 0.15) is 6.10 Å². The predicted molar refractivity (Wildman–Crippen MR) is 140 cm³/mol. The molecule has 1 saturated carbocycles. The second kappa shape index (κ2) is 10.2. The van der Waals surface area contributed by atoms with Crippen LogP contribution in [0.25, 0.3) is 33.7 Å². The van der Waals surface area contributed by atoms with E-state index in [0.717, 1.165) is 36.8 Å². The molecule has 3 heterocycles. The van der Waals surface area contributed by atoms with Crippen molar-refractivity contribution < 1.29 is 19.4 Å². The molecule has 190 valence electrons. The Morgan fingerprint density at radius 3 is 2.35 bits per heavy atom. The number of ether oxygens (including phenoxy) is 1. The van der Waals surface area contributed by atoms with Crippen molar-refractivity contribution in [3.8, 4) is 28.5 Å². The number of imidazole rings is 1.